The summed E-state index contributed by atoms with van der Waals surface area (Å²) in [5.41, 5.74) is 1.56. The first-order valence-electron chi connectivity index (χ1n) is 8.10. The number of carbonyl (C=O) groups is 1. The first-order chi connectivity index (χ1) is 11.8. The average molecular weight is 361 g/mol. The van der Waals surface area contributed by atoms with Crippen LogP contribution in [0.15, 0.2) is 6.33 Å². The number of amides is 1. The summed E-state index contributed by atoms with van der Waals surface area (Å²) in [6, 6.07) is 0. The van der Waals surface area contributed by atoms with Crippen molar-refractivity contribution in [2.75, 3.05) is 6.54 Å². The van der Waals surface area contributed by atoms with Crippen molar-refractivity contribution in [2.24, 2.45) is 0 Å². The lowest BCUT2D eigenvalue weighted by atomic mass is 9.94. The second-order valence-electron chi connectivity index (χ2n) is 6.92. The van der Waals surface area contributed by atoms with Gasteiger partial charge in [0, 0.05) is 17.8 Å². The summed E-state index contributed by atoms with van der Waals surface area (Å²) in [5.74, 6) is -0.341. The topological polar surface area (TPSA) is 102 Å². The van der Waals surface area contributed by atoms with E-state index in [1.165, 1.54) is 10.1 Å². The van der Waals surface area contributed by atoms with Crippen LogP contribution < -0.4 is 5.32 Å². The van der Waals surface area contributed by atoms with E-state index in [1.807, 2.05) is 0 Å². The van der Waals surface area contributed by atoms with Crippen LogP contribution in [0.5, 0.6) is 0 Å². The van der Waals surface area contributed by atoms with Crippen LogP contribution in [0, 0.1) is 0 Å². The third-order valence-corrected chi connectivity index (χ3v) is 5.28. The lowest BCUT2D eigenvalue weighted by molar-refractivity contribution is -0.0379. The zero-order valence-corrected chi connectivity index (χ0v) is 15.1. The molecule has 1 aliphatic heterocycles. The van der Waals surface area contributed by atoms with Gasteiger partial charge in [0.05, 0.1) is 23.7 Å². The molecule has 0 unspecified atom stereocenters. The number of aliphatic hydroxyl groups excluding tert-OH is 1. The number of rotatable bonds is 3. The van der Waals surface area contributed by atoms with Gasteiger partial charge in [0.25, 0.3) is 5.91 Å². The molecule has 9 heteroatoms. The van der Waals surface area contributed by atoms with Crippen molar-refractivity contribution >= 4 is 33.1 Å². The Hall–Kier alpha value is -2.10. The van der Waals surface area contributed by atoms with Crippen molar-refractivity contribution < 1.29 is 14.6 Å². The second kappa shape index (κ2) is 5.72. The van der Waals surface area contributed by atoms with Gasteiger partial charge in [0.15, 0.2) is 5.65 Å². The Morgan fingerprint density at radius 2 is 2.36 bits per heavy atom. The smallest absolute Gasteiger partial charge is 0.291 e. The normalized spacial score (nSPS) is 17.6. The first kappa shape index (κ1) is 16.4. The zero-order chi connectivity index (χ0) is 17.8. The van der Waals surface area contributed by atoms with Gasteiger partial charge in [-0.25, -0.2) is 14.5 Å². The number of hydrogen-bond acceptors (Lipinski definition) is 7. The molecule has 0 spiro atoms. The Morgan fingerprint density at radius 1 is 1.56 bits per heavy atom. The van der Waals surface area contributed by atoms with Crippen LogP contribution in [-0.2, 0) is 17.8 Å². The highest BCUT2D eigenvalue weighted by Gasteiger charge is 2.31. The molecule has 3 aromatic heterocycles. The predicted octanol–water partition coefficient (Wildman–Crippen LogP) is 1.30. The van der Waals surface area contributed by atoms with E-state index in [-0.39, 0.29) is 18.0 Å². The third kappa shape index (κ3) is 2.88. The highest BCUT2D eigenvalue weighted by Crippen LogP contribution is 2.39. The molecule has 0 saturated heterocycles. The molecule has 0 aliphatic carbocycles. The van der Waals surface area contributed by atoms with Crippen LogP contribution in [0.4, 0.5) is 0 Å². The van der Waals surface area contributed by atoms with Crippen LogP contribution in [0.25, 0.3) is 15.9 Å². The molecular weight excluding hydrogens is 342 g/mol. The molecule has 1 amide bonds. The lowest BCUT2D eigenvalue weighted by Crippen LogP contribution is -2.31. The Bertz CT molecular complexity index is 975. The number of fused-ring (bicyclic) bond motifs is 5. The number of aliphatic hydroxyl groups is 1. The summed E-state index contributed by atoms with van der Waals surface area (Å²) >= 11 is 1.60. The van der Waals surface area contributed by atoms with Gasteiger partial charge in [-0.1, -0.05) is 0 Å². The molecule has 8 nitrogen and oxygen atoms in total. The number of nitrogens with zero attached hydrogens (tertiary/aromatic N) is 4. The molecule has 0 radical (unpaired) electrons. The summed E-state index contributed by atoms with van der Waals surface area (Å²) in [5, 5.41) is 17.1. The largest absolute Gasteiger partial charge is 0.392 e. The molecule has 132 valence electrons. The molecule has 3 aromatic rings. The molecule has 25 heavy (non-hydrogen) atoms. The molecule has 4 heterocycles. The van der Waals surface area contributed by atoms with E-state index in [4.69, 9.17) is 4.74 Å². The van der Waals surface area contributed by atoms with Gasteiger partial charge in [0.2, 0.25) is 5.82 Å². The number of nitrogens with one attached hydrogen (secondary N) is 1. The summed E-state index contributed by atoms with van der Waals surface area (Å²) in [7, 11) is 0. The van der Waals surface area contributed by atoms with E-state index in [0.717, 1.165) is 21.5 Å². The fourth-order valence-electron chi connectivity index (χ4n) is 2.96. The minimum atomic E-state index is -0.625. The number of carbonyl (C=O) groups excluding carboxylic acids is 1. The summed E-state index contributed by atoms with van der Waals surface area (Å²) < 4.78 is 7.42. The van der Waals surface area contributed by atoms with Gasteiger partial charge < -0.3 is 15.2 Å². The fourth-order valence-corrected chi connectivity index (χ4v) is 4.02. The minimum Gasteiger partial charge on any atom is -0.392 e. The van der Waals surface area contributed by atoms with Crippen LogP contribution in [0.2, 0.25) is 0 Å². The maximum Gasteiger partial charge on any atom is 0.291 e. The predicted molar refractivity (Wildman–Crippen MR) is 92.8 cm³/mol. The maximum absolute atomic E-state index is 12.2. The Balaban J connectivity index is 1.81. The van der Waals surface area contributed by atoms with E-state index in [9.17, 15) is 9.90 Å². The van der Waals surface area contributed by atoms with Gasteiger partial charge in [-0.05, 0) is 26.3 Å². The molecule has 0 aromatic carbocycles. The average Bonchev–Trinajstić information content (AvgIpc) is 3.12. The van der Waals surface area contributed by atoms with Crippen LogP contribution in [0.3, 0.4) is 0 Å². The number of hydrogen-bond donors (Lipinski definition) is 2. The standard InChI is InChI=1S/C16H19N5O3S/c1-8(22)5-17-14(23)12-19-13-11-9-4-16(2,3)24-6-10(9)25-15(11)18-7-21(13)20-12/h7-8,22H,4-6H2,1-3H3,(H,17,23)/t8-/m0/s1. The van der Waals surface area contributed by atoms with Gasteiger partial charge in [-0.3, -0.25) is 4.79 Å². The third-order valence-electron chi connectivity index (χ3n) is 4.17. The molecule has 2 N–H and O–H groups in total. The van der Waals surface area contributed by atoms with Gasteiger partial charge in [-0.2, -0.15) is 0 Å². The molecule has 0 bridgehead atoms. The maximum atomic E-state index is 12.2. The van der Waals surface area contributed by atoms with Gasteiger partial charge in [0.1, 0.15) is 11.2 Å². The van der Waals surface area contributed by atoms with E-state index < -0.39 is 12.0 Å². The first-order valence-corrected chi connectivity index (χ1v) is 8.91. The number of thiophene rings is 1. The lowest BCUT2D eigenvalue weighted by Gasteiger charge is -2.30. The summed E-state index contributed by atoms with van der Waals surface area (Å²) in [6.07, 6.45) is 1.71. The molecule has 1 atom stereocenters. The van der Waals surface area contributed by atoms with Crippen molar-refractivity contribution in [2.45, 2.75) is 45.5 Å². The number of ether oxygens (including phenoxy) is 1. The van der Waals surface area contributed by atoms with Crippen LogP contribution >= 0.6 is 11.3 Å². The van der Waals surface area contributed by atoms with E-state index in [2.05, 4.69) is 34.2 Å². The van der Waals surface area contributed by atoms with Crippen molar-refractivity contribution in [1.82, 2.24) is 24.9 Å². The van der Waals surface area contributed by atoms with Crippen molar-refractivity contribution in [3.8, 4) is 0 Å². The summed E-state index contributed by atoms with van der Waals surface area (Å²) in [4.78, 5) is 23.1. The van der Waals surface area contributed by atoms with E-state index in [1.54, 1.807) is 24.6 Å². The molecule has 0 fully saturated rings. The monoisotopic (exact) mass is 361 g/mol. The number of aromatic nitrogens is 4. The van der Waals surface area contributed by atoms with Crippen LogP contribution in [0.1, 0.15) is 41.8 Å². The zero-order valence-electron chi connectivity index (χ0n) is 14.2. The van der Waals surface area contributed by atoms with Crippen molar-refractivity contribution in [3.05, 3.63) is 22.6 Å². The quantitative estimate of drug-likeness (QED) is 0.729. The Morgan fingerprint density at radius 3 is 3.12 bits per heavy atom. The molecular formula is C16H19N5O3S. The Kier molecular flexibility index (Phi) is 3.75. The van der Waals surface area contributed by atoms with Gasteiger partial charge in [-0.15, -0.1) is 16.4 Å². The minimum absolute atomic E-state index is 0.0706. The van der Waals surface area contributed by atoms with Gasteiger partial charge >= 0.3 is 0 Å². The fraction of sp³-hybridized carbons (Fsp3) is 0.500. The van der Waals surface area contributed by atoms with Crippen molar-refractivity contribution in [1.29, 1.82) is 0 Å². The molecule has 0 saturated carbocycles. The highest BCUT2D eigenvalue weighted by molar-refractivity contribution is 7.19. The van der Waals surface area contributed by atoms with E-state index in [0.29, 0.717) is 12.3 Å². The van der Waals surface area contributed by atoms with Crippen LogP contribution in [-0.4, -0.2) is 48.8 Å². The van der Waals surface area contributed by atoms with Crippen molar-refractivity contribution in [3.63, 3.8) is 0 Å². The van der Waals surface area contributed by atoms with E-state index >= 15 is 0 Å². The Labute approximate surface area is 147 Å². The summed E-state index contributed by atoms with van der Waals surface area (Å²) in [6.45, 7) is 6.44. The highest BCUT2D eigenvalue weighted by atomic mass is 32.1. The molecule has 1 aliphatic rings. The molecule has 4 rings (SSSR count). The second-order valence-corrected chi connectivity index (χ2v) is 8.00. The SMILES string of the molecule is C[C@H](O)CNC(=O)c1nc2c3c4c(sc3ncn2n1)COC(C)(C)C4.